The van der Waals surface area contributed by atoms with Gasteiger partial charge in [-0.25, -0.2) is 28.1 Å². The number of benzene rings is 1. The third kappa shape index (κ3) is 3.99. The van der Waals surface area contributed by atoms with Crippen LogP contribution < -0.4 is 10.2 Å². The van der Waals surface area contributed by atoms with Gasteiger partial charge in [-0.15, -0.1) is 0 Å². The Balaban J connectivity index is 1.43. The van der Waals surface area contributed by atoms with Gasteiger partial charge in [0.15, 0.2) is 0 Å². The van der Waals surface area contributed by atoms with Crippen LogP contribution in [0.4, 0.5) is 24.8 Å². The van der Waals surface area contributed by atoms with Gasteiger partial charge in [0.2, 0.25) is 0 Å². The maximum atomic E-state index is 14.7. The van der Waals surface area contributed by atoms with E-state index < -0.39 is 23.8 Å². The number of halogens is 3. The third-order valence-corrected chi connectivity index (χ3v) is 6.80. The van der Waals surface area contributed by atoms with Crippen molar-refractivity contribution >= 4 is 22.5 Å². The number of anilines is 2. The third-order valence-electron chi connectivity index (χ3n) is 6.80. The van der Waals surface area contributed by atoms with E-state index in [1.165, 1.54) is 18.6 Å². The minimum atomic E-state index is -2.87. The van der Waals surface area contributed by atoms with Crippen LogP contribution in [-0.2, 0) is 0 Å². The summed E-state index contributed by atoms with van der Waals surface area (Å²) in [6.45, 7) is 7.67. The normalized spacial score (nSPS) is 18.8. The number of likely N-dealkylation sites (tertiary alicyclic amines) is 1. The Labute approximate surface area is 190 Å². The molecule has 1 spiro atoms. The Bertz CT molecular complexity index is 1190. The molecule has 0 saturated carbocycles. The molecule has 3 aromatic rings. The van der Waals surface area contributed by atoms with Crippen molar-refractivity contribution in [1.29, 1.82) is 0 Å². The van der Waals surface area contributed by atoms with Crippen LogP contribution in [0.5, 0.6) is 0 Å². The van der Waals surface area contributed by atoms with E-state index in [1.807, 2.05) is 6.07 Å². The molecule has 0 radical (unpaired) electrons. The number of rotatable bonds is 5. The second-order valence-electron chi connectivity index (χ2n) is 9.44. The summed E-state index contributed by atoms with van der Waals surface area (Å²) in [6.07, 6.45) is 0.0648. The standard InChI is InChI=1S/C24H27F3N6/c1-14(16-5-4-6-17(21(16)25)22(26)27)29-23-18-9-20(28-10-19(18)30-15(2)31-23)33-12-24(13-33)7-8-32(3)11-24/h4-6,9-10,14,22H,7-8,11-13H2,1-3H3,(H,29,30,31)/t14-/m1/s1. The first-order valence-corrected chi connectivity index (χ1v) is 11.2. The summed E-state index contributed by atoms with van der Waals surface area (Å²) < 4.78 is 41.0. The minimum Gasteiger partial charge on any atom is -0.363 e. The van der Waals surface area contributed by atoms with Gasteiger partial charge in [0, 0.05) is 36.0 Å². The molecule has 0 bridgehead atoms. The van der Waals surface area contributed by atoms with Crippen LogP contribution in [0.15, 0.2) is 30.5 Å². The van der Waals surface area contributed by atoms with Gasteiger partial charge >= 0.3 is 0 Å². The van der Waals surface area contributed by atoms with Crippen LogP contribution in [-0.4, -0.2) is 53.1 Å². The number of aryl methyl sites for hydroxylation is 1. The molecule has 2 saturated heterocycles. The number of nitrogens with one attached hydrogen (secondary N) is 1. The molecule has 174 valence electrons. The van der Waals surface area contributed by atoms with E-state index in [-0.39, 0.29) is 5.56 Å². The van der Waals surface area contributed by atoms with Crippen molar-refractivity contribution in [3.8, 4) is 0 Å². The van der Waals surface area contributed by atoms with Crippen LogP contribution >= 0.6 is 0 Å². The molecule has 0 aliphatic carbocycles. The summed E-state index contributed by atoms with van der Waals surface area (Å²) in [5.74, 6) is 1.05. The lowest BCUT2D eigenvalue weighted by Gasteiger charge is -2.48. The molecular formula is C24H27F3N6. The van der Waals surface area contributed by atoms with E-state index >= 15 is 0 Å². The van der Waals surface area contributed by atoms with Crippen LogP contribution in [0.1, 0.15) is 42.8 Å². The monoisotopic (exact) mass is 456 g/mol. The fourth-order valence-corrected chi connectivity index (χ4v) is 5.12. The first-order valence-electron chi connectivity index (χ1n) is 11.2. The van der Waals surface area contributed by atoms with Crippen molar-refractivity contribution in [1.82, 2.24) is 19.9 Å². The summed E-state index contributed by atoms with van der Waals surface area (Å²) in [4.78, 5) is 18.3. The molecule has 1 atom stereocenters. The van der Waals surface area contributed by atoms with E-state index in [1.54, 1.807) is 20.0 Å². The quantitative estimate of drug-likeness (QED) is 0.599. The maximum Gasteiger partial charge on any atom is 0.266 e. The maximum absolute atomic E-state index is 14.7. The van der Waals surface area contributed by atoms with Gasteiger partial charge in [-0.1, -0.05) is 18.2 Å². The molecule has 4 heterocycles. The van der Waals surface area contributed by atoms with Gasteiger partial charge in [-0.05, 0) is 39.9 Å². The van der Waals surface area contributed by atoms with Crippen LogP contribution in [0, 0.1) is 18.2 Å². The van der Waals surface area contributed by atoms with E-state index in [0.29, 0.717) is 22.6 Å². The zero-order valence-corrected chi connectivity index (χ0v) is 18.9. The Morgan fingerprint density at radius 1 is 1.12 bits per heavy atom. The van der Waals surface area contributed by atoms with E-state index in [0.717, 1.165) is 43.4 Å². The number of aromatic nitrogens is 3. The van der Waals surface area contributed by atoms with Crippen LogP contribution in [0.25, 0.3) is 10.9 Å². The number of hydrogen-bond donors (Lipinski definition) is 1. The van der Waals surface area contributed by atoms with Crippen LogP contribution in [0.3, 0.4) is 0 Å². The predicted molar refractivity (Wildman–Crippen MR) is 122 cm³/mol. The second kappa shape index (κ2) is 8.13. The number of pyridine rings is 1. The molecular weight excluding hydrogens is 429 g/mol. The molecule has 5 rings (SSSR count). The Morgan fingerprint density at radius 3 is 2.58 bits per heavy atom. The second-order valence-corrected chi connectivity index (χ2v) is 9.44. The molecule has 1 aromatic carbocycles. The smallest absolute Gasteiger partial charge is 0.266 e. The summed E-state index contributed by atoms with van der Waals surface area (Å²) in [5, 5.41) is 3.99. The van der Waals surface area contributed by atoms with Gasteiger partial charge in [0.1, 0.15) is 23.3 Å². The molecule has 1 N–H and O–H groups in total. The summed E-state index contributed by atoms with van der Waals surface area (Å²) >= 11 is 0. The molecule has 0 amide bonds. The lowest BCUT2D eigenvalue weighted by molar-refractivity contribution is 0.146. The average Bonchev–Trinajstić information content (AvgIpc) is 3.14. The predicted octanol–water partition coefficient (Wildman–Crippen LogP) is 4.72. The zero-order valence-electron chi connectivity index (χ0n) is 18.9. The topological polar surface area (TPSA) is 57.2 Å². The van der Waals surface area contributed by atoms with Gasteiger partial charge in [-0.3, -0.25) is 0 Å². The first kappa shape index (κ1) is 21.9. The number of alkyl halides is 2. The Hall–Kier alpha value is -2.94. The van der Waals surface area contributed by atoms with Crippen molar-refractivity contribution in [3.63, 3.8) is 0 Å². The average molecular weight is 457 g/mol. The van der Waals surface area contributed by atoms with E-state index in [9.17, 15) is 13.2 Å². The van der Waals surface area contributed by atoms with Crippen molar-refractivity contribution in [2.45, 2.75) is 32.7 Å². The summed E-state index contributed by atoms with van der Waals surface area (Å²) in [6, 6.07) is 5.46. The number of hydrogen-bond acceptors (Lipinski definition) is 6. The van der Waals surface area contributed by atoms with Crippen LogP contribution in [0.2, 0.25) is 0 Å². The van der Waals surface area contributed by atoms with E-state index in [2.05, 4.69) is 37.1 Å². The fourth-order valence-electron chi connectivity index (χ4n) is 5.12. The van der Waals surface area contributed by atoms with Gasteiger partial charge in [0.25, 0.3) is 6.43 Å². The minimum absolute atomic E-state index is 0.168. The van der Waals surface area contributed by atoms with E-state index in [4.69, 9.17) is 0 Å². The first-order chi connectivity index (χ1) is 15.7. The molecule has 2 aliphatic rings. The number of fused-ring (bicyclic) bond motifs is 1. The highest BCUT2D eigenvalue weighted by Crippen LogP contribution is 2.41. The summed E-state index contributed by atoms with van der Waals surface area (Å²) in [7, 11) is 2.16. The molecule has 9 heteroatoms. The molecule has 2 aliphatic heterocycles. The zero-order chi connectivity index (χ0) is 23.3. The molecule has 6 nitrogen and oxygen atoms in total. The largest absolute Gasteiger partial charge is 0.363 e. The van der Waals surface area contributed by atoms with Gasteiger partial charge in [-0.2, -0.15) is 0 Å². The molecule has 2 aromatic heterocycles. The molecule has 2 fully saturated rings. The van der Waals surface area contributed by atoms with Crippen molar-refractivity contribution in [2.24, 2.45) is 5.41 Å². The fraction of sp³-hybridized carbons (Fsp3) is 0.458. The molecule has 33 heavy (non-hydrogen) atoms. The summed E-state index contributed by atoms with van der Waals surface area (Å²) in [5.41, 5.74) is 0.596. The molecule has 0 unspecified atom stereocenters. The highest BCUT2D eigenvalue weighted by Gasteiger charge is 2.47. The Morgan fingerprint density at radius 2 is 1.88 bits per heavy atom. The lowest BCUT2D eigenvalue weighted by Crippen LogP contribution is -2.57. The SMILES string of the molecule is Cc1nc(N[C@H](C)c2cccc(C(F)F)c2F)c2cc(N3CC4(CCN(C)C4)C3)ncc2n1. The van der Waals surface area contributed by atoms with Crippen molar-refractivity contribution < 1.29 is 13.2 Å². The van der Waals surface area contributed by atoms with Gasteiger partial charge < -0.3 is 15.1 Å². The van der Waals surface area contributed by atoms with Crippen molar-refractivity contribution in [3.05, 3.63) is 53.2 Å². The Kier molecular flexibility index (Phi) is 5.39. The highest BCUT2D eigenvalue weighted by molar-refractivity contribution is 5.90. The van der Waals surface area contributed by atoms with Gasteiger partial charge in [0.05, 0.1) is 23.3 Å². The lowest BCUT2D eigenvalue weighted by atomic mass is 9.79. The number of nitrogens with zero attached hydrogens (tertiary/aromatic N) is 5. The highest BCUT2D eigenvalue weighted by atomic mass is 19.3. The van der Waals surface area contributed by atoms with Crippen molar-refractivity contribution in [2.75, 3.05) is 43.4 Å².